The molecule has 1 aromatic carbocycles. The molecule has 0 aliphatic carbocycles. The summed E-state index contributed by atoms with van der Waals surface area (Å²) in [4.78, 5) is 22.9. The highest BCUT2D eigenvalue weighted by Gasteiger charge is 2.45. The summed E-state index contributed by atoms with van der Waals surface area (Å²) in [6, 6.07) is 4.88. The predicted molar refractivity (Wildman–Crippen MR) is 128 cm³/mol. The molecule has 3 aliphatic heterocycles. The molecule has 0 saturated carbocycles. The molecule has 37 heavy (non-hydrogen) atoms. The summed E-state index contributed by atoms with van der Waals surface area (Å²) in [5, 5.41) is 0. The number of sulfonamides is 1. The van der Waals surface area contributed by atoms with Gasteiger partial charge in [0.1, 0.15) is 30.2 Å². The Bertz CT molecular complexity index is 1280. The average molecular weight is 544 g/mol. The second-order valence-electron chi connectivity index (χ2n) is 8.55. The van der Waals surface area contributed by atoms with Crippen molar-refractivity contribution in [3.63, 3.8) is 0 Å². The molecule has 5 rings (SSSR count). The molecule has 2 atom stereocenters. The van der Waals surface area contributed by atoms with Gasteiger partial charge in [0.25, 0.3) is 0 Å². The maximum atomic E-state index is 13.3. The Kier molecular flexibility index (Phi) is 7.25. The highest BCUT2D eigenvalue weighted by Crippen LogP contribution is 2.40. The van der Waals surface area contributed by atoms with Crippen molar-refractivity contribution >= 4 is 27.8 Å². The summed E-state index contributed by atoms with van der Waals surface area (Å²) < 4.78 is 78.1. The highest BCUT2D eigenvalue weighted by atomic mass is 32.2. The number of nitrogens with zero attached hydrogens (tertiary/aromatic N) is 5. The molecular formula is C23H28F3N5O5S. The third-order valence-electron chi connectivity index (χ3n) is 6.25. The minimum atomic E-state index is -4.61. The number of fused-ring (bicyclic) bond motifs is 3. The summed E-state index contributed by atoms with van der Waals surface area (Å²) in [5.41, 5.74) is -0.427. The molecule has 2 aromatic rings. The van der Waals surface area contributed by atoms with Crippen molar-refractivity contribution in [1.82, 2.24) is 14.3 Å². The molecule has 0 N–H and O–H groups in total. The van der Waals surface area contributed by atoms with E-state index in [1.165, 1.54) is 39.2 Å². The summed E-state index contributed by atoms with van der Waals surface area (Å²) in [5.74, 6) is 0.178. The first-order chi connectivity index (χ1) is 17.4. The Labute approximate surface area is 213 Å². The predicted octanol–water partition coefficient (Wildman–Crippen LogP) is 3.45. The van der Waals surface area contributed by atoms with Crippen molar-refractivity contribution in [2.75, 3.05) is 42.6 Å². The minimum absolute atomic E-state index is 0.00470. The van der Waals surface area contributed by atoms with Gasteiger partial charge in [-0.3, -0.25) is 4.90 Å². The lowest BCUT2D eigenvalue weighted by atomic mass is 10.1. The topological polar surface area (TPSA) is 105 Å². The van der Waals surface area contributed by atoms with E-state index in [0.29, 0.717) is 5.69 Å². The van der Waals surface area contributed by atoms with Crippen LogP contribution in [0.3, 0.4) is 0 Å². The Morgan fingerprint density at radius 2 is 1.73 bits per heavy atom. The number of amides is 1. The number of benzene rings is 1. The van der Waals surface area contributed by atoms with E-state index in [1.54, 1.807) is 6.92 Å². The number of carbonyl (C=O) groups is 1. The van der Waals surface area contributed by atoms with Crippen molar-refractivity contribution in [1.29, 1.82) is 0 Å². The number of aromatic nitrogens is 2. The van der Waals surface area contributed by atoms with Crippen LogP contribution in [0.15, 0.2) is 29.2 Å². The van der Waals surface area contributed by atoms with Crippen LogP contribution in [0, 0.1) is 6.92 Å². The van der Waals surface area contributed by atoms with Crippen LogP contribution in [0.5, 0.6) is 5.75 Å². The first-order valence-corrected chi connectivity index (χ1v) is 13.3. The number of piperazine rings is 1. The fraction of sp³-hybridized carbons (Fsp3) is 0.522. The second-order valence-corrected chi connectivity index (χ2v) is 10.5. The number of hydrogen-bond acceptors (Lipinski definition) is 8. The number of hydrogen-bond donors (Lipinski definition) is 0. The Morgan fingerprint density at radius 3 is 2.38 bits per heavy atom. The lowest BCUT2D eigenvalue weighted by molar-refractivity contribution is -0.141. The molecule has 2 fully saturated rings. The van der Waals surface area contributed by atoms with Gasteiger partial charge in [-0.1, -0.05) is 13.8 Å². The van der Waals surface area contributed by atoms with Gasteiger partial charge in [-0.25, -0.2) is 23.2 Å². The van der Waals surface area contributed by atoms with Crippen molar-refractivity contribution in [2.45, 2.75) is 50.9 Å². The van der Waals surface area contributed by atoms with Crippen molar-refractivity contribution < 1.29 is 35.9 Å². The SMILES string of the molecule is CC.Cc1cc(C(F)(F)F)nc(N2CCN(S(=O)(=O)c3ccc4c(c3)OC[C@H]3[C@@H](C)OC(=O)N43)CC2)n1. The number of cyclic esters (lactones) is 1. The van der Waals surface area contributed by atoms with Crippen LogP contribution in [-0.2, 0) is 20.9 Å². The van der Waals surface area contributed by atoms with Gasteiger partial charge in [-0.15, -0.1) is 0 Å². The molecule has 0 bridgehead atoms. The summed E-state index contributed by atoms with van der Waals surface area (Å²) >= 11 is 0. The minimum Gasteiger partial charge on any atom is -0.489 e. The molecule has 2 saturated heterocycles. The third-order valence-corrected chi connectivity index (χ3v) is 8.14. The average Bonchev–Trinajstić information content (AvgIpc) is 3.17. The van der Waals surface area contributed by atoms with Gasteiger partial charge in [-0.2, -0.15) is 17.5 Å². The lowest BCUT2D eigenvalue weighted by Crippen LogP contribution is -2.49. The second kappa shape index (κ2) is 9.97. The van der Waals surface area contributed by atoms with Crippen LogP contribution >= 0.6 is 0 Å². The molecule has 0 spiro atoms. The van der Waals surface area contributed by atoms with Gasteiger partial charge in [0, 0.05) is 37.9 Å². The fourth-order valence-electron chi connectivity index (χ4n) is 4.39. The standard InChI is InChI=1S/C21H22F3N5O5S.C2H6/c1-12-9-18(21(22,23)24)26-19(25-12)27-5-7-28(8-6-27)35(31,32)14-3-4-15-17(10-14)33-11-16-13(2)34-20(30)29(15)16;1-2/h3-4,9-10,13,16H,5-8,11H2,1-2H3;1-2H3/t13-,16+;/m1./s1. The van der Waals surface area contributed by atoms with E-state index in [-0.39, 0.29) is 67.2 Å². The number of carbonyl (C=O) groups excluding carboxylic acids is 1. The van der Waals surface area contributed by atoms with E-state index in [9.17, 15) is 26.4 Å². The molecule has 1 amide bonds. The number of rotatable bonds is 3. The Balaban J connectivity index is 0.00000156. The molecular weight excluding hydrogens is 515 g/mol. The van der Waals surface area contributed by atoms with Crippen LogP contribution in [0.2, 0.25) is 0 Å². The van der Waals surface area contributed by atoms with E-state index in [1.807, 2.05) is 13.8 Å². The Morgan fingerprint density at radius 1 is 1.05 bits per heavy atom. The summed E-state index contributed by atoms with van der Waals surface area (Å²) in [7, 11) is -3.92. The van der Waals surface area contributed by atoms with Crippen LogP contribution in [0.4, 0.5) is 29.6 Å². The largest absolute Gasteiger partial charge is 0.489 e. The first kappa shape index (κ1) is 26.9. The fourth-order valence-corrected chi connectivity index (χ4v) is 5.83. The van der Waals surface area contributed by atoms with E-state index in [0.717, 1.165) is 6.07 Å². The van der Waals surface area contributed by atoms with Crippen molar-refractivity contribution in [2.24, 2.45) is 0 Å². The van der Waals surface area contributed by atoms with Gasteiger partial charge in [-0.05, 0) is 32.0 Å². The number of alkyl halides is 3. The zero-order valence-corrected chi connectivity index (χ0v) is 21.6. The zero-order chi connectivity index (χ0) is 27.1. The van der Waals surface area contributed by atoms with Crippen LogP contribution < -0.4 is 14.5 Å². The monoisotopic (exact) mass is 543 g/mol. The van der Waals surface area contributed by atoms with Gasteiger partial charge in [0.15, 0.2) is 0 Å². The smallest absolute Gasteiger partial charge is 0.433 e. The molecule has 4 heterocycles. The molecule has 10 nitrogen and oxygen atoms in total. The molecule has 14 heteroatoms. The third kappa shape index (κ3) is 5.04. The van der Waals surface area contributed by atoms with Crippen molar-refractivity contribution in [3.05, 3.63) is 35.7 Å². The van der Waals surface area contributed by atoms with Crippen LogP contribution in [-0.4, -0.2) is 73.7 Å². The molecule has 202 valence electrons. The van der Waals surface area contributed by atoms with Gasteiger partial charge < -0.3 is 14.4 Å². The quantitative estimate of drug-likeness (QED) is 0.580. The maximum absolute atomic E-state index is 13.3. The number of halogens is 3. The van der Waals surface area contributed by atoms with E-state index >= 15 is 0 Å². The van der Waals surface area contributed by atoms with E-state index in [4.69, 9.17) is 9.47 Å². The summed E-state index contributed by atoms with van der Waals surface area (Å²) in [6.07, 6.45) is -5.46. The number of aryl methyl sites for hydroxylation is 1. The van der Waals surface area contributed by atoms with E-state index in [2.05, 4.69) is 9.97 Å². The zero-order valence-electron chi connectivity index (χ0n) is 20.8. The van der Waals surface area contributed by atoms with Gasteiger partial charge in [0.05, 0.1) is 10.6 Å². The molecule has 0 radical (unpaired) electrons. The molecule has 3 aliphatic rings. The lowest BCUT2D eigenvalue weighted by Gasteiger charge is -2.34. The summed E-state index contributed by atoms with van der Waals surface area (Å²) in [6.45, 7) is 7.72. The first-order valence-electron chi connectivity index (χ1n) is 11.9. The van der Waals surface area contributed by atoms with Gasteiger partial charge in [0.2, 0.25) is 16.0 Å². The van der Waals surface area contributed by atoms with Crippen LogP contribution in [0.25, 0.3) is 0 Å². The highest BCUT2D eigenvalue weighted by molar-refractivity contribution is 7.89. The number of anilines is 2. The van der Waals surface area contributed by atoms with Gasteiger partial charge >= 0.3 is 12.3 Å². The normalized spacial score (nSPS) is 21.9. The maximum Gasteiger partial charge on any atom is 0.433 e. The Hall–Kier alpha value is -3.13. The van der Waals surface area contributed by atoms with Crippen LogP contribution in [0.1, 0.15) is 32.2 Å². The van der Waals surface area contributed by atoms with Crippen molar-refractivity contribution in [3.8, 4) is 5.75 Å². The molecule has 0 unspecified atom stereocenters. The van der Waals surface area contributed by atoms with E-state index < -0.39 is 28.0 Å². The number of ether oxygens (including phenoxy) is 2. The molecule has 1 aromatic heterocycles.